The molecule has 0 saturated carbocycles. The Bertz CT molecular complexity index is 1260. The van der Waals surface area contributed by atoms with E-state index in [4.69, 9.17) is 21.1 Å². The summed E-state index contributed by atoms with van der Waals surface area (Å²) in [5.41, 5.74) is 7.77. The smallest absolute Gasteiger partial charge is 0.330 e. The Morgan fingerprint density at radius 1 is 1.20 bits per heavy atom. The molecule has 35 heavy (non-hydrogen) atoms. The van der Waals surface area contributed by atoms with Crippen molar-refractivity contribution in [3.63, 3.8) is 0 Å². The van der Waals surface area contributed by atoms with Crippen LogP contribution in [0.3, 0.4) is 0 Å². The number of aromatic nitrogens is 1. The van der Waals surface area contributed by atoms with E-state index in [2.05, 4.69) is 9.71 Å². The minimum atomic E-state index is -3.81. The fourth-order valence-electron chi connectivity index (χ4n) is 3.14. The lowest BCUT2D eigenvalue weighted by molar-refractivity contribution is -0.146. The number of sulfonamides is 1. The number of carbonyl (C=O) groups is 1. The summed E-state index contributed by atoms with van der Waals surface area (Å²) in [5.74, 6) is 6.21. The van der Waals surface area contributed by atoms with Crippen molar-refractivity contribution in [1.82, 2.24) is 14.7 Å². The molecule has 5 N–H and O–H groups in total. The molecule has 0 fully saturated rings. The molecule has 0 aliphatic carbocycles. The van der Waals surface area contributed by atoms with Crippen molar-refractivity contribution >= 4 is 27.3 Å². The van der Waals surface area contributed by atoms with Crippen LogP contribution in [0.5, 0.6) is 5.75 Å². The van der Waals surface area contributed by atoms with Crippen molar-refractivity contribution in [2.24, 2.45) is 11.6 Å². The van der Waals surface area contributed by atoms with Gasteiger partial charge in [-0.2, -0.15) is 0 Å². The van der Waals surface area contributed by atoms with Gasteiger partial charge in [-0.1, -0.05) is 18.2 Å². The van der Waals surface area contributed by atoms with Gasteiger partial charge in [0, 0.05) is 41.2 Å². The number of thiophene rings is 1. The zero-order valence-corrected chi connectivity index (χ0v) is 20.9. The number of pyridine rings is 1. The van der Waals surface area contributed by atoms with Crippen LogP contribution in [0, 0.1) is 0 Å². The summed E-state index contributed by atoms with van der Waals surface area (Å²) in [5, 5.41) is 1.12. The molecule has 0 radical (unpaired) electrons. The topological polar surface area (TPSA) is 150 Å². The summed E-state index contributed by atoms with van der Waals surface area (Å²) in [7, 11) is -0.984. The van der Waals surface area contributed by atoms with Crippen LogP contribution in [-0.4, -0.2) is 51.2 Å². The van der Waals surface area contributed by atoms with Gasteiger partial charge in [0.25, 0.3) is 0 Å². The molecule has 1 atom stereocenters. The van der Waals surface area contributed by atoms with Crippen molar-refractivity contribution in [3.8, 4) is 16.2 Å². The standard InChI is InChI=1S/C23H27N5O5S2/c1-32-19-7-5-16(6-8-19)12-20(23(29)33-2)28(25)15-18(24)14-27-35(30,31)22-10-9-21(34-22)17-4-3-11-26-13-17/h3-11,13,15,20,27H,12,14,24-25H2,1-2H3/b18-15-/t20-/m0/s1. The van der Waals surface area contributed by atoms with Crippen molar-refractivity contribution in [3.05, 3.63) is 78.4 Å². The number of nitrogens with two attached hydrogens (primary N) is 2. The molecule has 3 aromatic rings. The monoisotopic (exact) mass is 517 g/mol. The molecule has 0 aliphatic rings. The second-order valence-corrected chi connectivity index (χ2v) is 10.5. The number of nitrogens with zero attached hydrogens (tertiary/aromatic N) is 2. The van der Waals surface area contributed by atoms with E-state index < -0.39 is 22.0 Å². The van der Waals surface area contributed by atoms with Gasteiger partial charge < -0.3 is 20.2 Å². The molecule has 2 aromatic heterocycles. The van der Waals surface area contributed by atoms with Gasteiger partial charge in [-0.25, -0.2) is 23.8 Å². The van der Waals surface area contributed by atoms with Crippen LogP contribution in [0.15, 0.2) is 77.0 Å². The van der Waals surface area contributed by atoms with Crippen molar-refractivity contribution in [2.45, 2.75) is 16.7 Å². The van der Waals surface area contributed by atoms with E-state index in [0.717, 1.165) is 32.3 Å². The summed E-state index contributed by atoms with van der Waals surface area (Å²) in [6, 6.07) is 13.2. The highest BCUT2D eigenvalue weighted by Crippen LogP contribution is 2.30. The quantitative estimate of drug-likeness (QED) is 0.197. The molecule has 0 aliphatic heterocycles. The highest BCUT2D eigenvalue weighted by Gasteiger charge is 2.24. The number of esters is 1. The highest BCUT2D eigenvalue weighted by atomic mass is 32.2. The maximum absolute atomic E-state index is 12.7. The first-order valence-electron chi connectivity index (χ1n) is 10.4. The second-order valence-electron chi connectivity index (χ2n) is 7.43. The molecule has 0 amide bonds. The van der Waals surface area contributed by atoms with Crippen LogP contribution < -0.4 is 21.0 Å². The highest BCUT2D eigenvalue weighted by molar-refractivity contribution is 7.91. The minimum Gasteiger partial charge on any atom is -0.497 e. The van der Waals surface area contributed by atoms with Gasteiger partial charge in [0.2, 0.25) is 10.0 Å². The average molecular weight is 518 g/mol. The fraction of sp³-hybridized carbons (Fsp3) is 0.217. The molecule has 10 nitrogen and oxygen atoms in total. The lowest BCUT2D eigenvalue weighted by Crippen LogP contribution is -2.45. The average Bonchev–Trinajstić information content (AvgIpc) is 3.38. The lowest BCUT2D eigenvalue weighted by atomic mass is 10.1. The Balaban J connectivity index is 1.66. The largest absolute Gasteiger partial charge is 0.497 e. The van der Waals surface area contributed by atoms with E-state index in [0.29, 0.717) is 5.75 Å². The number of ether oxygens (including phenoxy) is 2. The first-order valence-corrected chi connectivity index (χ1v) is 12.7. The van der Waals surface area contributed by atoms with Gasteiger partial charge in [0.15, 0.2) is 0 Å². The van der Waals surface area contributed by atoms with Crippen LogP contribution in [-0.2, 0) is 26.0 Å². The number of benzene rings is 1. The minimum absolute atomic E-state index is 0.115. The third-order valence-electron chi connectivity index (χ3n) is 4.99. The van der Waals surface area contributed by atoms with Gasteiger partial charge in [-0.3, -0.25) is 4.98 Å². The molecule has 3 rings (SSSR count). The zero-order valence-electron chi connectivity index (χ0n) is 19.2. The first kappa shape index (κ1) is 26.2. The van der Waals surface area contributed by atoms with E-state index in [1.807, 2.05) is 18.2 Å². The van der Waals surface area contributed by atoms with Crippen molar-refractivity contribution < 1.29 is 22.7 Å². The molecule has 1 aromatic carbocycles. The fourth-order valence-corrected chi connectivity index (χ4v) is 5.49. The molecule has 0 saturated heterocycles. The number of methoxy groups -OCH3 is 2. The predicted molar refractivity (Wildman–Crippen MR) is 134 cm³/mol. The number of hydrogen-bond donors (Lipinski definition) is 3. The summed E-state index contributed by atoms with van der Waals surface area (Å²) >= 11 is 1.12. The Morgan fingerprint density at radius 2 is 1.94 bits per heavy atom. The van der Waals surface area contributed by atoms with Gasteiger partial charge in [0.1, 0.15) is 16.0 Å². The van der Waals surface area contributed by atoms with E-state index in [1.165, 1.54) is 19.4 Å². The van der Waals surface area contributed by atoms with Crippen LogP contribution in [0.4, 0.5) is 0 Å². The first-order chi connectivity index (χ1) is 16.7. The third-order valence-corrected chi connectivity index (χ3v) is 8.02. The SMILES string of the molecule is COC(=O)[C@H](Cc1ccc(OC)cc1)N(N)/C=C(\N)CNS(=O)(=O)c1ccc(-c2cccnc2)s1. The summed E-state index contributed by atoms with van der Waals surface area (Å²) in [4.78, 5) is 17.2. The van der Waals surface area contributed by atoms with E-state index in [1.54, 1.807) is 43.8 Å². The Hall–Kier alpha value is -3.45. The summed E-state index contributed by atoms with van der Waals surface area (Å²) in [6.45, 7) is -0.202. The maximum atomic E-state index is 12.7. The molecule has 12 heteroatoms. The summed E-state index contributed by atoms with van der Waals surface area (Å²) in [6.07, 6.45) is 4.86. The third kappa shape index (κ3) is 7.02. The maximum Gasteiger partial charge on any atom is 0.330 e. The normalized spacial score (nSPS) is 12.7. The van der Waals surface area contributed by atoms with Crippen molar-refractivity contribution in [2.75, 3.05) is 20.8 Å². The number of carbonyl (C=O) groups excluding carboxylic acids is 1. The van der Waals surface area contributed by atoms with Crippen LogP contribution in [0.25, 0.3) is 10.4 Å². The van der Waals surface area contributed by atoms with E-state index >= 15 is 0 Å². The predicted octanol–water partition coefficient (Wildman–Crippen LogP) is 1.86. The van der Waals surface area contributed by atoms with Crippen LogP contribution >= 0.6 is 11.3 Å². The van der Waals surface area contributed by atoms with Crippen LogP contribution in [0.2, 0.25) is 0 Å². The van der Waals surface area contributed by atoms with E-state index in [9.17, 15) is 13.2 Å². The van der Waals surface area contributed by atoms with Gasteiger partial charge in [0.05, 0.1) is 20.8 Å². The Labute approximate surface area is 208 Å². The molecule has 0 unspecified atom stereocenters. The molecular weight excluding hydrogens is 490 g/mol. The molecule has 2 heterocycles. The molecular formula is C23H27N5O5S2. The van der Waals surface area contributed by atoms with Crippen molar-refractivity contribution in [1.29, 1.82) is 0 Å². The second kappa shape index (κ2) is 11.8. The molecule has 186 valence electrons. The Kier molecular flexibility index (Phi) is 8.82. The lowest BCUT2D eigenvalue weighted by Gasteiger charge is -2.24. The molecule has 0 bridgehead atoms. The van der Waals surface area contributed by atoms with Crippen LogP contribution in [0.1, 0.15) is 5.56 Å². The van der Waals surface area contributed by atoms with E-state index in [-0.39, 0.29) is 22.9 Å². The number of rotatable bonds is 11. The summed E-state index contributed by atoms with van der Waals surface area (Å²) < 4.78 is 38.0. The Morgan fingerprint density at radius 3 is 2.57 bits per heavy atom. The number of hydrogen-bond acceptors (Lipinski definition) is 10. The van der Waals surface area contributed by atoms with Gasteiger partial charge in [-0.15, -0.1) is 11.3 Å². The van der Waals surface area contributed by atoms with Gasteiger partial charge >= 0.3 is 5.97 Å². The zero-order chi connectivity index (χ0) is 25.4. The van der Waals surface area contributed by atoms with Gasteiger partial charge in [-0.05, 0) is 35.9 Å². The number of hydrazine groups is 1. The molecule has 0 spiro atoms. The number of nitrogens with one attached hydrogen (secondary N) is 1.